The van der Waals surface area contributed by atoms with Gasteiger partial charge in [-0.15, -0.1) is 10.2 Å². The van der Waals surface area contributed by atoms with Gasteiger partial charge in [-0.2, -0.15) is 9.78 Å². The Hall–Kier alpha value is -3.17. The molecule has 1 aliphatic heterocycles. The van der Waals surface area contributed by atoms with E-state index in [0.29, 0.717) is 6.04 Å². The van der Waals surface area contributed by atoms with Crippen molar-refractivity contribution in [3.05, 3.63) is 82.6 Å². The minimum absolute atomic E-state index is 0.0223. The Kier molecular flexibility index (Phi) is 9.26. The molecule has 2 aromatic carbocycles. The fraction of sp³-hybridized carbons (Fsp3) is 0.556. The van der Waals surface area contributed by atoms with Crippen LogP contribution in [-0.4, -0.2) is 42.3 Å². The monoisotopic (exact) mass is 626 g/mol. The van der Waals surface area contributed by atoms with E-state index in [1.807, 2.05) is 30.0 Å². The Bertz CT molecular complexity index is 1620. The van der Waals surface area contributed by atoms with Gasteiger partial charge in [-0.25, -0.2) is 4.79 Å². The average molecular weight is 627 g/mol. The second kappa shape index (κ2) is 13.7. The zero-order chi connectivity index (χ0) is 30.6. The predicted octanol–water partition coefficient (Wildman–Crippen LogP) is 7.97. The third kappa shape index (κ3) is 6.30. The minimum atomic E-state index is -0.212. The van der Waals surface area contributed by atoms with Crippen molar-refractivity contribution in [2.75, 3.05) is 13.2 Å². The molecule has 2 aliphatic carbocycles. The highest BCUT2D eigenvalue weighted by atomic mass is 32.2. The van der Waals surface area contributed by atoms with E-state index in [1.54, 1.807) is 16.4 Å². The smallest absolute Gasteiger partial charge is 0.350 e. The molecule has 3 aliphatic rings. The largest absolute Gasteiger partial charge is 0.381 e. The Labute approximate surface area is 270 Å². The lowest BCUT2D eigenvalue weighted by molar-refractivity contribution is 0.0585. The average Bonchev–Trinajstić information content (AvgIpc) is 3.41. The van der Waals surface area contributed by atoms with E-state index in [9.17, 15) is 4.79 Å². The fourth-order valence-corrected chi connectivity index (χ4v) is 8.86. The molecule has 7 rings (SSSR count). The molecular weight excluding hydrogens is 581 g/mol. The molecule has 4 aromatic rings. The van der Waals surface area contributed by atoms with Crippen molar-refractivity contribution in [1.82, 2.24) is 29.1 Å². The van der Waals surface area contributed by atoms with Crippen LogP contribution in [0.4, 0.5) is 0 Å². The Morgan fingerprint density at radius 2 is 1.49 bits per heavy atom. The van der Waals surface area contributed by atoms with E-state index in [1.165, 1.54) is 74.7 Å². The zero-order valence-electron chi connectivity index (χ0n) is 26.6. The summed E-state index contributed by atoms with van der Waals surface area (Å²) in [5.74, 6) is 1.91. The zero-order valence-corrected chi connectivity index (χ0v) is 27.4. The van der Waals surface area contributed by atoms with E-state index >= 15 is 0 Å². The Morgan fingerprint density at radius 1 is 0.822 bits per heavy atom. The van der Waals surface area contributed by atoms with Crippen LogP contribution in [0.1, 0.15) is 119 Å². The molecule has 3 heterocycles. The molecule has 2 saturated carbocycles. The number of benzene rings is 2. The third-order valence-electron chi connectivity index (χ3n) is 10.4. The quantitative estimate of drug-likeness (QED) is 0.194. The molecule has 0 N–H and O–H groups in total. The number of hydrogen-bond acceptors (Lipinski definition) is 6. The molecule has 0 atom stereocenters. The van der Waals surface area contributed by atoms with Crippen molar-refractivity contribution in [3.8, 4) is 5.69 Å². The molecule has 3 fully saturated rings. The summed E-state index contributed by atoms with van der Waals surface area (Å²) in [7, 11) is 0. The maximum atomic E-state index is 13.5. The minimum Gasteiger partial charge on any atom is -0.381 e. The third-order valence-corrected chi connectivity index (χ3v) is 11.4. The number of ether oxygens (including phenoxy) is 1. The predicted molar refractivity (Wildman–Crippen MR) is 177 cm³/mol. The molecule has 8 nitrogen and oxygen atoms in total. The fourth-order valence-electron chi connectivity index (χ4n) is 7.98. The van der Waals surface area contributed by atoms with Gasteiger partial charge in [-0.05, 0) is 87.4 Å². The lowest BCUT2D eigenvalue weighted by Gasteiger charge is -2.38. The second-order valence-electron chi connectivity index (χ2n) is 13.3. The van der Waals surface area contributed by atoms with Crippen LogP contribution in [0.15, 0.2) is 69.4 Å². The van der Waals surface area contributed by atoms with Crippen LogP contribution in [-0.2, 0) is 10.2 Å². The molecule has 9 heteroatoms. The standard InChI is InChI=1S/C36H46N6O2S/c1-27-39-42(35(43)41(27)30-14-8-4-5-9-15-30)31-17-19-32(20-18-31)45-33-16-10-11-28(25-33)36(21-23-44-24-22-36)34-38-37-26-40(34)29-12-6-2-3-7-13-29/h10-11,16-20,25-26,29-30H,2-9,12-15,21-24H2,1H3. The molecule has 1 saturated heterocycles. The summed E-state index contributed by atoms with van der Waals surface area (Å²) in [4.78, 5) is 15.8. The maximum Gasteiger partial charge on any atom is 0.350 e. The van der Waals surface area contributed by atoms with Crippen LogP contribution in [0, 0.1) is 6.92 Å². The van der Waals surface area contributed by atoms with E-state index < -0.39 is 0 Å². The summed E-state index contributed by atoms with van der Waals surface area (Å²) in [6, 6.07) is 18.0. The maximum absolute atomic E-state index is 13.5. The normalized spacial score (nSPS) is 20.1. The SMILES string of the molecule is Cc1nn(-c2ccc(Sc3cccc(C4(c5nncn5C5CCCCCC5)CCOCC4)c3)cc2)c(=O)n1C1CCCCCC1. The molecule has 0 spiro atoms. The molecule has 0 amide bonds. The topological polar surface area (TPSA) is 79.8 Å². The van der Waals surface area contributed by atoms with Gasteiger partial charge >= 0.3 is 5.69 Å². The number of aryl methyl sites for hydroxylation is 1. The number of aromatic nitrogens is 6. The highest BCUT2D eigenvalue weighted by Gasteiger charge is 2.41. The molecule has 238 valence electrons. The highest BCUT2D eigenvalue weighted by molar-refractivity contribution is 7.99. The molecule has 2 aromatic heterocycles. The number of hydrogen-bond donors (Lipinski definition) is 0. The summed E-state index contributed by atoms with van der Waals surface area (Å²) in [5, 5.41) is 14.0. The van der Waals surface area contributed by atoms with E-state index in [2.05, 4.69) is 51.2 Å². The van der Waals surface area contributed by atoms with E-state index in [-0.39, 0.29) is 17.1 Å². The van der Waals surface area contributed by atoms with Gasteiger partial charge in [0.15, 0.2) is 0 Å². The first-order valence-electron chi connectivity index (χ1n) is 17.2. The van der Waals surface area contributed by atoms with Gasteiger partial charge in [0.05, 0.1) is 11.1 Å². The van der Waals surface area contributed by atoms with Crippen LogP contribution in [0.5, 0.6) is 0 Å². The molecule has 45 heavy (non-hydrogen) atoms. The van der Waals surface area contributed by atoms with Gasteiger partial charge in [0.25, 0.3) is 0 Å². The lowest BCUT2D eigenvalue weighted by atomic mass is 9.73. The van der Waals surface area contributed by atoms with Crippen LogP contribution in [0.25, 0.3) is 5.69 Å². The second-order valence-corrected chi connectivity index (χ2v) is 14.4. The van der Waals surface area contributed by atoms with Crippen LogP contribution in [0.3, 0.4) is 0 Å². The highest BCUT2D eigenvalue weighted by Crippen LogP contribution is 2.43. The summed E-state index contributed by atoms with van der Waals surface area (Å²) in [5.41, 5.74) is 1.87. The summed E-state index contributed by atoms with van der Waals surface area (Å²) in [6.45, 7) is 3.42. The van der Waals surface area contributed by atoms with Crippen molar-refractivity contribution in [1.29, 1.82) is 0 Å². The van der Waals surface area contributed by atoms with Crippen LogP contribution in [0.2, 0.25) is 0 Å². The van der Waals surface area contributed by atoms with Crippen molar-refractivity contribution >= 4 is 11.8 Å². The van der Waals surface area contributed by atoms with Crippen molar-refractivity contribution in [2.24, 2.45) is 0 Å². The van der Waals surface area contributed by atoms with Gasteiger partial charge in [0.1, 0.15) is 18.0 Å². The first kappa shape index (κ1) is 30.5. The summed E-state index contributed by atoms with van der Waals surface area (Å²) >= 11 is 1.75. The summed E-state index contributed by atoms with van der Waals surface area (Å²) in [6.07, 6.45) is 18.4. The molecule has 0 bridgehead atoms. The van der Waals surface area contributed by atoms with Gasteiger partial charge < -0.3 is 9.30 Å². The van der Waals surface area contributed by atoms with Gasteiger partial charge in [-0.3, -0.25) is 4.57 Å². The number of nitrogens with zero attached hydrogens (tertiary/aromatic N) is 6. The van der Waals surface area contributed by atoms with Crippen LogP contribution >= 0.6 is 11.8 Å². The Balaban J connectivity index is 1.13. The van der Waals surface area contributed by atoms with Gasteiger partial charge in [0, 0.05) is 35.1 Å². The molecule has 0 radical (unpaired) electrons. The van der Waals surface area contributed by atoms with Gasteiger partial charge in [0.2, 0.25) is 0 Å². The molecule has 0 unspecified atom stereocenters. The lowest BCUT2D eigenvalue weighted by Crippen LogP contribution is -2.38. The van der Waals surface area contributed by atoms with E-state index in [0.717, 1.165) is 61.1 Å². The van der Waals surface area contributed by atoms with E-state index in [4.69, 9.17) is 9.84 Å². The van der Waals surface area contributed by atoms with Crippen molar-refractivity contribution in [3.63, 3.8) is 0 Å². The Morgan fingerprint density at radius 3 is 2.18 bits per heavy atom. The first-order chi connectivity index (χ1) is 22.1. The number of rotatable bonds is 7. The van der Waals surface area contributed by atoms with Crippen molar-refractivity contribution < 1.29 is 4.74 Å². The molecular formula is C36H46N6O2S. The first-order valence-corrected chi connectivity index (χ1v) is 18.0. The summed E-state index contributed by atoms with van der Waals surface area (Å²) < 4.78 is 11.8. The van der Waals surface area contributed by atoms with Crippen LogP contribution < -0.4 is 5.69 Å². The van der Waals surface area contributed by atoms with Gasteiger partial charge in [-0.1, -0.05) is 75.3 Å². The van der Waals surface area contributed by atoms with Crippen molar-refractivity contribution in [2.45, 2.75) is 124 Å².